The maximum Gasteiger partial charge on any atom is 0.220 e. The number of nitrogens with one attached hydrogen (secondary N) is 3. The standard InChI is InChI=1S/C32H42F2N4O3/c1-2-21-4-3-5-24(14-21)32(10-11-32)35-19-29(39)27(17-22-15-25(33)18-26(34)16-22)36-30(40)6-7-31(41)37-28-20-38-12-8-23(28)9-13-38/h3-5,14-16,18,23,27-29,35,39H,2,6-13,17,19-20H2,1H3,(H,36,40)(H,37,41)/t27-,28+,29+/m0/s1. The molecule has 2 amide bonds. The summed E-state index contributed by atoms with van der Waals surface area (Å²) in [6, 6.07) is 11.0. The Balaban J connectivity index is 1.18. The van der Waals surface area contributed by atoms with E-state index < -0.39 is 23.8 Å². The lowest BCUT2D eigenvalue weighted by atomic mass is 9.84. The minimum absolute atomic E-state index is 0.0329. The van der Waals surface area contributed by atoms with E-state index in [0.717, 1.165) is 57.8 Å². The maximum absolute atomic E-state index is 13.9. The number of aliphatic hydroxyl groups excluding tert-OH is 1. The molecule has 7 nitrogen and oxygen atoms in total. The molecule has 2 bridgehead atoms. The van der Waals surface area contributed by atoms with Crippen LogP contribution in [0.2, 0.25) is 0 Å². The van der Waals surface area contributed by atoms with Crippen LogP contribution in [0.3, 0.4) is 0 Å². The van der Waals surface area contributed by atoms with Crippen molar-refractivity contribution in [1.29, 1.82) is 0 Å². The third-order valence-corrected chi connectivity index (χ3v) is 9.06. The fraction of sp³-hybridized carbons (Fsp3) is 0.562. The van der Waals surface area contributed by atoms with Crippen molar-refractivity contribution in [2.75, 3.05) is 26.2 Å². The van der Waals surface area contributed by atoms with E-state index in [1.165, 1.54) is 23.3 Å². The zero-order valence-electron chi connectivity index (χ0n) is 23.8. The van der Waals surface area contributed by atoms with E-state index in [2.05, 4.69) is 46.0 Å². The number of amides is 2. The third kappa shape index (κ3) is 7.70. The van der Waals surface area contributed by atoms with Crippen LogP contribution in [0, 0.1) is 17.6 Å². The van der Waals surface area contributed by atoms with Crippen LogP contribution in [-0.4, -0.2) is 66.2 Å². The first-order valence-corrected chi connectivity index (χ1v) is 15.0. The smallest absolute Gasteiger partial charge is 0.220 e. The van der Waals surface area contributed by atoms with Gasteiger partial charge in [-0.3, -0.25) is 9.59 Å². The zero-order valence-corrected chi connectivity index (χ0v) is 23.8. The van der Waals surface area contributed by atoms with Crippen LogP contribution >= 0.6 is 0 Å². The van der Waals surface area contributed by atoms with Crippen molar-refractivity contribution in [3.8, 4) is 0 Å². The Bertz CT molecular complexity index is 1210. The molecule has 0 radical (unpaired) electrons. The van der Waals surface area contributed by atoms with Gasteiger partial charge in [-0.15, -0.1) is 0 Å². The molecule has 4 N–H and O–H groups in total. The largest absolute Gasteiger partial charge is 0.390 e. The van der Waals surface area contributed by atoms with Gasteiger partial charge in [0, 0.05) is 43.6 Å². The molecule has 41 heavy (non-hydrogen) atoms. The Morgan fingerprint density at radius 1 is 1.02 bits per heavy atom. The maximum atomic E-state index is 13.9. The molecule has 4 aliphatic rings. The van der Waals surface area contributed by atoms with Crippen LogP contribution in [0.25, 0.3) is 0 Å². The van der Waals surface area contributed by atoms with E-state index >= 15 is 0 Å². The predicted molar refractivity (Wildman–Crippen MR) is 153 cm³/mol. The highest BCUT2D eigenvalue weighted by atomic mass is 19.1. The molecule has 0 aromatic heterocycles. The van der Waals surface area contributed by atoms with Crippen LogP contribution in [0.15, 0.2) is 42.5 Å². The Morgan fingerprint density at radius 2 is 1.73 bits per heavy atom. The molecular weight excluding hydrogens is 526 g/mol. The molecular formula is C32H42F2N4O3. The number of rotatable bonds is 13. The fourth-order valence-corrected chi connectivity index (χ4v) is 6.40. The average Bonchev–Trinajstić information content (AvgIpc) is 3.76. The van der Waals surface area contributed by atoms with Gasteiger partial charge in [-0.05, 0) is 86.4 Å². The molecule has 1 saturated carbocycles. The Hall–Kier alpha value is -2.88. The van der Waals surface area contributed by atoms with Crippen molar-refractivity contribution in [3.05, 3.63) is 70.8 Å². The van der Waals surface area contributed by atoms with E-state index in [-0.39, 0.29) is 49.2 Å². The van der Waals surface area contributed by atoms with E-state index in [1.807, 2.05) is 6.07 Å². The monoisotopic (exact) mass is 568 g/mol. The molecule has 2 aromatic carbocycles. The molecule has 1 aliphatic carbocycles. The molecule has 0 unspecified atom stereocenters. The summed E-state index contributed by atoms with van der Waals surface area (Å²) in [6.07, 6.45) is 4.03. The quantitative estimate of drug-likeness (QED) is 0.298. The lowest BCUT2D eigenvalue weighted by Gasteiger charge is -2.44. The van der Waals surface area contributed by atoms with Gasteiger partial charge in [0.05, 0.1) is 12.1 Å². The van der Waals surface area contributed by atoms with Crippen molar-refractivity contribution in [1.82, 2.24) is 20.9 Å². The minimum atomic E-state index is -1.02. The van der Waals surface area contributed by atoms with Gasteiger partial charge in [0.1, 0.15) is 11.6 Å². The molecule has 4 fully saturated rings. The molecule has 222 valence electrons. The van der Waals surface area contributed by atoms with Gasteiger partial charge in [0.2, 0.25) is 11.8 Å². The number of carbonyl (C=O) groups is 2. The van der Waals surface area contributed by atoms with Crippen molar-refractivity contribution in [3.63, 3.8) is 0 Å². The Kier molecular flexibility index (Phi) is 9.36. The van der Waals surface area contributed by atoms with E-state index in [9.17, 15) is 23.5 Å². The van der Waals surface area contributed by atoms with Gasteiger partial charge < -0.3 is 26.0 Å². The van der Waals surface area contributed by atoms with Crippen LogP contribution in [0.1, 0.15) is 62.1 Å². The summed E-state index contributed by atoms with van der Waals surface area (Å²) in [4.78, 5) is 27.9. The lowest BCUT2D eigenvalue weighted by Crippen LogP contribution is -2.57. The van der Waals surface area contributed by atoms with Crippen molar-refractivity contribution >= 4 is 11.8 Å². The average molecular weight is 569 g/mol. The summed E-state index contributed by atoms with van der Waals surface area (Å²) in [6.45, 7) is 5.33. The molecule has 0 spiro atoms. The van der Waals surface area contributed by atoms with Crippen molar-refractivity contribution < 1.29 is 23.5 Å². The topological polar surface area (TPSA) is 93.7 Å². The lowest BCUT2D eigenvalue weighted by molar-refractivity contribution is -0.128. The molecule has 3 aliphatic heterocycles. The van der Waals surface area contributed by atoms with Gasteiger partial charge >= 0.3 is 0 Å². The van der Waals surface area contributed by atoms with Gasteiger partial charge in [0.15, 0.2) is 0 Å². The minimum Gasteiger partial charge on any atom is -0.390 e. The van der Waals surface area contributed by atoms with Crippen LogP contribution in [0.5, 0.6) is 0 Å². The second-order valence-corrected chi connectivity index (χ2v) is 12.1. The number of halogens is 2. The molecule has 9 heteroatoms. The first kappa shape index (κ1) is 29.6. The fourth-order valence-electron chi connectivity index (χ4n) is 6.40. The molecule has 3 heterocycles. The van der Waals surface area contributed by atoms with Gasteiger partial charge in [0.25, 0.3) is 0 Å². The summed E-state index contributed by atoms with van der Waals surface area (Å²) < 4.78 is 27.8. The first-order valence-electron chi connectivity index (χ1n) is 15.0. The number of hydrogen-bond acceptors (Lipinski definition) is 5. The number of piperidine rings is 3. The highest BCUT2D eigenvalue weighted by Crippen LogP contribution is 2.45. The molecule has 2 aromatic rings. The zero-order chi connectivity index (χ0) is 29.0. The molecule has 3 saturated heterocycles. The normalized spacial score (nSPS) is 24.0. The van der Waals surface area contributed by atoms with E-state index in [4.69, 9.17) is 0 Å². The van der Waals surface area contributed by atoms with Gasteiger partial charge in [-0.25, -0.2) is 8.78 Å². The van der Waals surface area contributed by atoms with Gasteiger partial charge in [-0.1, -0.05) is 31.2 Å². The molecule has 6 rings (SSSR count). The summed E-state index contributed by atoms with van der Waals surface area (Å²) in [5, 5.41) is 20.6. The summed E-state index contributed by atoms with van der Waals surface area (Å²) in [7, 11) is 0. The number of nitrogens with zero attached hydrogens (tertiary/aromatic N) is 1. The predicted octanol–water partition coefficient (Wildman–Crippen LogP) is 3.18. The second-order valence-electron chi connectivity index (χ2n) is 12.1. The second kappa shape index (κ2) is 13.0. The van der Waals surface area contributed by atoms with Crippen LogP contribution in [0.4, 0.5) is 8.78 Å². The third-order valence-electron chi connectivity index (χ3n) is 9.06. The Morgan fingerprint density at radius 3 is 2.37 bits per heavy atom. The summed E-state index contributed by atoms with van der Waals surface area (Å²) in [5.41, 5.74) is 2.53. The number of carbonyl (C=O) groups excluding carboxylic acids is 2. The van der Waals surface area contributed by atoms with Crippen LogP contribution < -0.4 is 16.0 Å². The SMILES string of the molecule is CCc1cccc(C2(NC[C@@H](O)[C@H](Cc3cc(F)cc(F)c3)NC(=O)CCC(=O)N[C@@H]3CN4CCC3CC4)CC2)c1. The van der Waals surface area contributed by atoms with Crippen molar-refractivity contribution in [2.24, 2.45) is 5.92 Å². The summed E-state index contributed by atoms with van der Waals surface area (Å²) in [5.74, 6) is -1.47. The number of aliphatic hydroxyl groups is 1. The van der Waals surface area contributed by atoms with Crippen molar-refractivity contribution in [2.45, 2.75) is 82.0 Å². The van der Waals surface area contributed by atoms with E-state index in [0.29, 0.717) is 11.5 Å². The van der Waals surface area contributed by atoms with Crippen LogP contribution in [-0.2, 0) is 28.0 Å². The number of hydrogen-bond donors (Lipinski definition) is 4. The highest BCUT2D eigenvalue weighted by Gasteiger charge is 2.44. The first-order chi connectivity index (χ1) is 19.7. The Labute approximate surface area is 241 Å². The number of benzene rings is 2. The molecule has 3 atom stereocenters. The van der Waals surface area contributed by atoms with E-state index in [1.54, 1.807) is 0 Å². The number of fused-ring (bicyclic) bond motifs is 3. The highest BCUT2D eigenvalue weighted by molar-refractivity contribution is 5.84. The number of aryl methyl sites for hydroxylation is 1. The van der Waals surface area contributed by atoms with Gasteiger partial charge in [-0.2, -0.15) is 0 Å². The summed E-state index contributed by atoms with van der Waals surface area (Å²) >= 11 is 0.